The Balaban J connectivity index is 3.28. The third kappa shape index (κ3) is 2.59. The Labute approximate surface area is 92.8 Å². The first kappa shape index (κ1) is 11.8. The van der Waals surface area contributed by atoms with Crippen LogP contribution in [0.15, 0.2) is 6.20 Å². The van der Waals surface area contributed by atoms with Crippen LogP contribution in [-0.4, -0.2) is 22.2 Å². The van der Waals surface area contributed by atoms with E-state index in [1.165, 1.54) is 6.20 Å². The number of hydrogen-bond acceptors (Lipinski definition) is 3. The largest absolute Gasteiger partial charge is 0.487 e. The van der Waals surface area contributed by atoms with E-state index in [0.717, 1.165) is 0 Å². The van der Waals surface area contributed by atoms with Crippen LogP contribution in [0.4, 0.5) is 0 Å². The second-order valence-electron chi connectivity index (χ2n) is 3.40. The van der Waals surface area contributed by atoms with Gasteiger partial charge in [-0.15, -0.1) is 0 Å². The number of nitrogens with zero attached hydrogens (tertiary/aromatic N) is 1. The van der Waals surface area contributed by atoms with Crippen LogP contribution in [0, 0.1) is 6.92 Å². The number of ether oxygens (including phenoxy) is 1. The molecule has 15 heavy (non-hydrogen) atoms. The van der Waals surface area contributed by atoms with Gasteiger partial charge in [-0.05, 0) is 26.3 Å². The van der Waals surface area contributed by atoms with Gasteiger partial charge in [0.25, 0.3) is 0 Å². The number of aromatic carboxylic acids is 1. The normalized spacial score (nSPS) is 10.5. The van der Waals surface area contributed by atoms with Gasteiger partial charge in [-0.25, -0.2) is 9.78 Å². The lowest BCUT2D eigenvalue weighted by molar-refractivity contribution is 0.0683. The summed E-state index contributed by atoms with van der Waals surface area (Å²) in [4.78, 5) is 14.6. The molecule has 0 aliphatic carbocycles. The molecule has 0 aliphatic rings. The number of carboxylic acid groups (broad SMARTS) is 1. The van der Waals surface area contributed by atoms with Crippen LogP contribution in [0.5, 0.6) is 5.75 Å². The highest BCUT2D eigenvalue weighted by molar-refractivity contribution is 6.33. The highest BCUT2D eigenvalue weighted by Crippen LogP contribution is 2.31. The number of carbonyl (C=O) groups is 1. The van der Waals surface area contributed by atoms with Crippen LogP contribution < -0.4 is 4.74 Å². The van der Waals surface area contributed by atoms with Gasteiger partial charge in [0.2, 0.25) is 0 Å². The topological polar surface area (TPSA) is 59.4 Å². The number of rotatable bonds is 3. The van der Waals surface area contributed by atoms with Crippen LogP contribution in [0.25, 0.3) is 0 Å². The van der Waals surface area contributed by atoms with Gasteiger partial charge >= 0.3 is 5.97 Å². The van der Waals surface area contributed by atoms with Gasteiger partial charge in [0.05, 0.1) is 11.1 Å². The summed E-state index contributed by atoms with van der Waals surface area (Å²) in [6.07, 6.45) is 1.27. The van der Waals surface area contributed by atoms with Crippen molar-refractivity contribution in [2.75, 3.05) is 0 Å². The minimum Gasteiger partial charge on any atom is -0.487 e. The maximum Gasteiger partial charge on any atom is 0.358 e. The second kappa shape index (κ2) is 4.49. The summed E-state index contributed by atoms with van der Waals surface area (Å²) in [7, 11) is 0. The molecule has 0 spiro atoms. The summed E-state index contributed by atoms with van der Waals surface area (Å²) < 4.78 is 5.34. The number of pyridine rings is 1. The van der Waals surface area contributed by atoms with Gasteiger partial charge in [-0.1, -0.05) is 11.6 Å². The first-order valence-electron chi connectivity index (χ1n) is 4.48. The Morgan fingerprint density at radius 3 is 2.67 bits per heavy atom. The molecule has 1 aromatic rings. The lowest BCUT2D eigenvalue weighted by atomic mass is 10.2. The monoisotopic (exact) mass is 229 g/mol. The van der Waals surface area contributed by atoms with Gasteiger partial charge in [0, 0.05) is 6.20 Å². The number of aromatic nitrogens is 1. The summed E-state index contributed by atoms with van der Waals surface area (Å²) in [6.45, 7) is 5.34. The Morgan fingerprint density at radius 2 is 2.20 bits per heavy atom. The number of halogens is 1. The zero-order chi connectivity index (χ0) is 11.6. The Hall–Kier alpha value is -1.29. The summed E-state index contributed by atoms with van der Waals surface area (Å²) in [5.41, 5.74) is 0.539. The third-order valence-corrected chi connectivity index (χ3v) is 2.17. The third-order valence-electron chi connectivity index (χ3n) is 1.70. The van der Waals surface area contributed by atoms with Crippen molar-refractivity contribution >= 4 is 17.6 Å². The van der Waals surface area contributed by atoms with Crippen molar-refractivity contribution in [3.63, 3.8) is 0 Å². The maximum atomic E-state index is 10.9. The summed E-state index contributed by atoms with van der Waals surface area (Å²) in [5, 5.41) is 9.19. The van der Waals surface area contributed by atoms with E-state index in [1.807, 2.05) is 0 Å². The maximum absolute atomic E-state index is 10.9. The van der Waals surface area contributed by atoms with Crippen molar-refractivity contribution in [1.82, 2.24) is 4.98 Å². The van der Waals surface area contributed by atoms with E-state index in [0.29, 0.717) is 10.6 Å². The van der Waals surface area contributed by atoms with Crippen molar-refractivity contribution in [2.45, 2.75) is 26.9 Å². The van der Waals surface area contributed by atoms with E-state index >= 15 is 0 Å². The lowest BCUT2D eigenvalue weighted by Crippen LogP contribution is -2.12. The van der Waals surface area contributed by atoms with E-state index in [1.54, 1.807) is 20.8 Å². The smallest absolute Gasteiger partial charge is 0.358 e. The lowest BCUT2D eigenvalue weighted by Gasteiger charge is -2.14. The Bertz CT molecular complexity index is 390. The van der Waals surface area contributed by atoms with E-state index in [2.05, 4.69) is 4.98 Å². The van der Waals surface area contributed by atoms with E-state index in [-0.39, 0.29) is 17.5 Å². The van der Waals surface area contributed by atoms with Crippen molar-refractivity contribution < 1.29 is 14.6 Å². The molecule has 82 valence electrons. The summed E-state index contributed by atoms with van der Waals surface area (Å²) in [5.74, 6) is -1.01. The molecule has 5 heteroatoms. The molecule has 1 N–H and O–H groups in total. The van der Waals surface area contributed by atoms with Gasteiger partial charge < -0.3 is 9.84 Å². The standard InChI is InChI=1S/C10H12ClNO3/c1-5(2)15-9-7(11)6(3)4-12-8(9)10(13)14/h4-5H,1-3H3,(H,13,14). The van der Waals surface area contributed by atoms with Crippen molar-refractivity contribution in [3.05, 3.63) is 22.5 Å². The van der Waals surface area contributed by atoms with Crippen LogP contribution in [-0.2, 0) is 0 Å². The number of aryl methyl sites for hydroxylation is 1. The summed E-state index contributed by atoms with van der Waals surface area (Å²) in [6, 6.07) is 0. The number of carboxylic acids is 1. The van der Waals surface area contributed by atoms with Crippen molar-refractivity contribution in [1.29, 1.82) is 0 Å². The van der Waals surface area contributed by atoms with E-state index in [9.17, 15) is 4.79 Å². The minimum atomic E-state index is -1.15. The van der Waals surface area contributed by atoms with Crippen molar-refractivity contribution in [3.8, 4) is 5.75 Å². The van der Waals surface area contributed by atoms with Crippen molar-refractivity contribution in [2.24, 2.45) is 0 Å². The Morgan fingerprint density at radius 1 is 1.60 bits per heavy atom. The predicted octanol–water partition coefficient (Wildman–Crippen LogP) is 2.53. The molecule has 0 radical (unpaired) electrons. The average molecular weight is 230 g/mol. The van der Waals surface area contributed by atoms with E-state index in [4.69, 9.17) is 21.4 Å². The Kier molecular flexibility index (Phi) is 3.52. The number of hydrogen-bond donors (Lipinski definition) is 1. The highest BCUT2D eigenvalue weighted by Gasteiger charge is 2.19. The molecule has 0 saturated heterocycles. The first-order chi connectivity index (χ1) is 6.93. The molecular weight excluding hydrogens is 218 g/mol. The fourth-order valence-electron chi connectivity index (χ4n) is 1.06. The second-order valence-corrected chi connectivity index (χ2v) is 3.78. The molecular formula is C10H12ClNO3. The van der Waals surface area contributed by atoms with Crippen LogP contribution >= 0.6 is 11.6 Å². The molecule has 0 unspecified atom stereocenters. The molecule has 0 bridgehead atoms. The highest BCUT2D eigenvalue weighted by atomic mass is 35.5. The van der Waals surface area contributed by atoms with Gasteiger partial charge in [-0.2, -0.15) is 0 Å². The molecule has 1 heterocycles. The summed E-state index contributed by atoms with van der Waals surface area (Å²) >= 11 is 5.96. The zero-order valence-corrected chi connectivity index (χ0v) is 9.50. The quantitative estimate of drug-likeness (QED) is 0.865. The van der Waals surface area contributed by atoms with Crippen LogP contribution in [0.2, 0.25) is 5.02 Å². The average Bonchev–Trinajstić information content (AvgIpc) is 2.12. The molecule has 0 aliphatic heterocycles. The molecule has 1 rings (SSSR count). The fraction of sp³-hybridized carbons (Fsp3) is 0.400. The first-order valence-corrected chi connectivity index (χ1v) is 4.86. The molecule has 0 amide bonds. The SMILES string of the molecule is Cc1cnc(C(=O)O)c(OC(C)C)c1Cl. The zero-order valence-electron chi connectivity index (χ0n) is 8.74. The molecule has 0 saturated carbocycles. The van der Waals surface area contributed by atoms with Gasteiger partial charge in [0.15, 0.2) is 11.4 Å². The van der Waals surface area contributed by atoms with Crippen LogP contribution in [0.1, 0.15) is 29.9 Å². The van der Waals surface area contributed by atoms with E-state index < -0.39 is 5.97 Å². The minimum absolute atomic E-state index is 0.138. The molecule has 0 aromatic carbocycles. The molecule has 0 atom stereocenters. The molecule has 1 aromatic heterocycles. The fourth-order valence-corrected chi connectivity index (χ4v) is 1.24. The van der Waals surface area contributed by atoms with Gasteiger partial charge in [-0.3, -0.25) is 0 Å². The molecule has 4 nitrogen and oxygen atoms in total. The molecule has 0 fully saturated rings. The van der Waals surface area contributed by atoms with Gasteiger partial charge in [0.1, 0.15) is 0 Å². The predicted molar refractivity (Wildman–Crippen MR) is 56.7 cm³/mol. The van der Waals surface area contributed by atoms with Crippen LogP contribution in [0.3, 0.4) is 0 Å².